The van der Waals surface area contributed by atoms with E-state index in [1.807, 2.05) is 4.90 Å². The second-order valence-corrected chi connectivity index (χ2v) is 9.01. The van der Waals surface area contributed by atoms with Gasteiger partial charge in [-0.15, -0.1) is 23.7 Å². The van der Waals surface area contributed by atoms with Crippen LogP contribution in [0.4, 0.5) is 5.69 Å². The molecule has 0 aliphatic carbocycles. The van der Waals surface area contributed by atoms with Gasteiger partial charge in [0.25, 0.3) is 10.0 Å². The van der Waals surface area contributed by atoms with Gasteiger partial charge in [-0.25, -0.2) is 8.42 Å². The molecule has 9 heteroatoms. The first kappa shape index (κ1) is 20.7. The van der Waals surface area contributed by atoms with Crippen LogP contribution in [0.15, 0.2) is 46.0 Å². The molecule has 3 N–H and O–H groups in total. The van der Waals surface area contributed by atoms with E-state index in [4.69, 9.17) is 5.73 Å². The van der Waals surface area contributed by atoms with Crippen molar-refractivity contribution in [1.82, 2.24) is 4.90 Å². The normalized spacial score (nSPS) is 17.4. The molecule has 1 amide bonds. The van der Waals surface area contributed by atoms with Gasteiger partial charge in [-0.2, -0.15) is 0 Å². The molecule has 6 nitrogen and oxygen atoms in total. The molecule has 3 rings (SSSR count). The number of amides is 1. The van der Waals surface area contributed by atoms with Crippen LogP contribution < -0.4 is 10.5 Å². The van der Waals surface area contributed by atoms with Crippen molar-refractivity contribution in [2.45, 2.75) is 29.5 Å². The van der Waals surface area contributed by atoms with Gasteiger partial charge in [0.15, 0.2) is 0 Å². The van der Waals surface area contributed by atoms with Gasteiger partial charge in [0.05, 0.1) is 6.42 Å². The molecule has 2 aromatic rings. The summed E-state index contributed by atoms with van der Waals surface area (Å²) in [6.45, 7) is 1.36. The molecule has 1 saturated heterocycles. The number of hydrogen-bond acceptors (Lipinski definition) is 5. The van der Waals surface area contributed by atoms with Crippen LogP contribution in [0.2, 0.25) is 0 Å². The average Bonchev–Trinajstić information content (AvgIpc) is 3.12. The molecule has 1 atom stereocenters. The van der Waals surface area contributed by atoms with E-state index >= 15 is 0 Å². The Kier molecular flexibility index (Phi) is 7.05. The number of hydrogen-bond donors (Lipinski definition) is 2. The van der Waals surface area contributed by atoms with Crippen molar-refractivity contribution in [3.05, 3.63) is 47.3 Å². The summed E-state index contributed by atoms with van der Waals surface area (Å²) in [6.07, 6.45) is 2.20. The summed E-state index contributed by atoms with van der Waals surface area (Å²) < 4.78 is 27.2. The quantitative estimate of drug-likeness (QED) is 0.784. The number of anilines is 1. The molecule has 1 unspecified atom stereocenters. The molecule has 1 fully saturated rings. The van der Waals surface area contributed by atoms with Crippen molar-refractivity contribution >= 4 is 45.4 Å². The molecule has 2 heterocycles. The maximum absolute atomic E-state index is 12.3. The van der Waals surface area contributed by atoms with Crippen molar-refractivity contribution < 1.29 is 13.2 Å². The van der Waals surface area contributed by atoms with Gasteiger partial charge < -0.3 is 10.6 Å². The highest BCUT2D eigenvalue weighted by Crippen LogP contribution is 2.21. The largest absolute Gasteiger partial charge is 0.341 e. The maximum atomic E-state index is 12.3. The van der Waals surface area contributed by atoms with Gasteiger partial charge in [0, 0.05) is 24.8 Å². The molecule has 1 aromatic carbocycles. The molecule has 0 bridgehead atoms. The lowest BCUT2D eigenvalue weighted by atomic mass is 10.0. The lowest BCUT2D eigenvalue weighted by molar-refractivity contribution is -0.131. The van der Waals surface area contributed by atoms with Crippen LogP contribution in [0.3, 0.4) is 0 Å². The molecule has 142 valence electrons. The Hall–Kier alpha value is -1.61. The SMILES string of the molecule is Cl.NC1CCCN(C(=O)Cc2ccc(NS(=O)(=O)c3cccs3)cc2)C1. The molecule has 26 heavy (non-hydrogen) atoms. The van der Waals surface area contributed by atoms with Gasteiger partial charge >= 0.3 is 0 Å². The van der Waals surface area contributed by atoms with E-state index in [1.165, 1.54) is 11.3 Å². The zero-order chi connectivity index (χ0) is 17.9. The van der Waals surface area contributed by atoms with Crippen LogP contribution in [0, 0.1) is 0 Å². The number of rotatable bonds is 5. The number of carbonyl (C=O) groups excluding carboxylic acids is 1. The Balaban J connectivity index is 0.00000243. The molecule has 0 saturated carbocycles. The van der Waals surface area contributed by atoms with Crippen molar-refractivity contribution in [2.24, 2.45) is 5.73 Å². The zero-order valence-electron chi connectivity index (χ0n) is 14.1. The Morgan fingerprint density at radius 3 is 2.62 bits per heavy atom. The number of halogens is 1. The van der Waals surface area contributed by atoms with Gasteiger partial charge in [-0.3, -0.25) is 9.52 Å². The maximum Gasteiger partial charge on any atom is 0.271 e. The van der Waals surface area contributed by atoms with Crippen molar-refractivity contribution in [2.75, 3.05) is 17.8 Å². The predicted octanol–water partition coefficient (Wildman–Crippen LogP) is 2.46. The average molecular weight is 416 g/mol. The van der Waals surface area contributed by atoms with E-state index in [0.29, 0.717) is 18.7 Å². The smallest absolute Gasteiger partial charge is 0.271 e. The molecule has 0 spiro atoms. The van der Waals surface area contributed by atoms with Gasteiger partial charge in [0.1, 0.15) is 4.21 Å². The molecule has 0 radical (unpaired) electrons. The number of likely N-dealkylation sites (tertiary alicyclic amines) is 1. The second kappa shape index (κ2) is 8.85. The van der Waals surface area contributed by atoms with Crippen LogP contribution in [-0.4, -0.2) is 38.4 Å². The minimum absolute atomic E-state index is 0. The third kappa shape index (κ3) is 5.20. The Labute approximate surface area is 163 Å². The lowest BCUT2D eigenvalue weighted by Gasteiger charge is -2.30. The van der Waals surface area contributed by atoms with E-state index in [0.717, 1.165) is 24.9 Å². The van der Waals surface area contributed by atoms with Gasteiger partial charge in [-0.05, 0) is 42.0 Å². The summed E-state index contributed by atoms with van der Waals surface area (Å²) in [7, 11) is -3.55. The van der Waals surface area contributed by atoms with Crippen molar-refractivity contribution in [3.8, 4) is 0 Å². The van der Waals surface area contributed by atoms with E-state index < -0.39 is 10.0 Å². The zero-order valence-corrected chi connectivity index (χ0v) is 16.6. The first-order valence-electron chi connectivity index (χ1n) is 8.13. The van der Waals surface area contributed by atoms with E-state index in [-0.39, 0.29) is 28.6 Å². The molecule has 1 aromatic heterocycles. The summed E-state index contributed by atoms with van der Waals surface area (Å²) in [5, 5.41) is 1.72. The van der Waals surface area contributed by atoms with E-state index in [2.05, 4.69) is 4.72 Å². The van der Waals surface area contributed by atoms with Crippen LogP contribution >= 0.6 is 23.7 Å². The third-order valence-electron chi connectivity index (χ3n) is 4.13. The number of thiophene rings is 1. The lowest BCUT2D eigenvalue weighted by Crippen LogP contribution is -2.46. The van der Waals surface area contributed by atoms with Gasteiger partial charge in [-0.1, -0.05) is 18.2 Å². The highest BCUT2D eigenvalue weighted by atomic mass is 35.5. The molecular weight excluding hydrogens is 394 g/mol. The number of nitrogens with one attached hydrogen (secondary N) is 1. The fourth-order valence-electron chi connectivity index (χ4n) is 2.84. The second-order valence-electron chi connectivity index (χ2n) is 6.15. The summed E-state index contributed by atoms with van der Waals surface area (Å²) >= 11 is 1.17. The first-order chi connectivity index (χ1) is 11.9. The van der Waals surface area contributed by atoms with Gasteiger partial charge in [0.2, 0.25) is 5.91 Å². The van der Waals surface area contributed by atoms with E-state index in [1.54, 1.807) is 41.8 Å². The van der Waals surface area contributed by atoms with Crippen LogP contribution in [0.25, 0.3) is 0 Å². The molecule has 1 aliphatic rings. The Morgan fingerprint density at radius 1 is 1.27 bits per heavy atom. The Morgan fingerprint density at radius 2 is 2.00 bits per heavy atom. The monoisotopic (exact) mass is 415 g/mol. The number of nitrogens with two attached hydrogens (primary N) is 1. The Bertz CT molecular complexity index is 823. The number of carbonyl (C=O) groups is 1. The molecule has 1 aliphatic heterocycles. The van der Waals surface area contributed by atoms with Crippen molar-refractivity contribution in [1.29, 1.82) is 0 Å². The number of sulfonamides is 1. The fraction of sp³-hybridized carbons (Fsp3) is 0.353. The van der Waals surface area contributed by atoms with Crippen molar-refractivity contribution in [3.63, 3.8) is 0 Å². The summed E-state index contributed by atoms with van der Waals surface area (Å²) in [5.74, 6) is 0.0575. The van der Waals surface area contributed by atoms with Crippen LogP contribution in [-0.2, 0) is 21.2 Å². The summed E-state index contributed by atoms with van der Waals surface area (Å²) in [5.41, 5.74) is 7.24. The topological polar surface area (TPSA) is 92.5 Å². The highest BCUT2D eigenvalue weighted by molar-refractivity contribution is 7.94. The molecular formula is C17H22ClN3O3S2. The summed E-state index contributed by atoms with van der Waals surface area (Å²) in [6, 6.07) is 10.2. The fourth-order valence-corrected chi connectivity index (χ4v) is 4.89. The van der Waals surface area contributed by atoms with Crippen LogP contribution in [0.5, 0.6) is 0 Å². The minimum atomic E-state index is -3.55. The standard InChI is InChI=1S/C17H21N3O3S2.ClH/c18-14-3-1-9-20(12-14)16(21)11-13-5-7-15(8-6-13)19-25(22,23)17-4-2-10-24-17;/h2,4-8,10,14,19H,1,3,9,11-12,18H2;1H. The third-order valence-corrected chi connectivity index (χ3v) is 6.91. The summed E-state index contributed by atoms with van der Waals surface area (Å²) in [4.78, 5) is 14.1. The predicted molar refractivity (Wildman–Crippen MR) is 106 cm³/mol. The first-order valence-corrected chi connectivity index (χ1v) is 10.5. The van der Waals surface area contributed by atoms with E-state index in [9.17, 15) is 13.2 Å². The van der Waals surface area contributed by atoms with Crippen LogP contribution in [0.1, 0.15) is 18.4 Å². The number of piperidine rings is 1. The minimum Gasteiger partial charge on any atom is -0.341 e. The highest BCUT2D eigenvalue weighted by Gasteiger charge is 2.21. The number of nitrogens with zero attached hydrogens (tertiary/aromatic N) is 1. The number of benzene rings is 1.